The van der Waals surface area contributed by atoms with Crippen LogP contribution in [0, 0.1) is 5.92 Å². The van der Waals surface area contributed by atoms with Gasteiger partial charge in [0.1, 0.15) is 5.52 Å². The molecule has 3 nitrogen and oxygen atoms in total. The summed E-state index contributed by atoms with van der Waals surface area (Å²) in [5.74, 6) is 1.02. The topological polar surface area (TPSA) is 38.9 Å². The summed E-state index contributed by atoms with van der Waals surface area (Å²) < 4.78 is 5.49. The molecule has 1 unspecified atom stereocenters. The molecule has 92 valence electrons. The van der Waals surface area contributed by atoms with Gasteiger partial charge in [-0.1, -0.05) is 34.1 Å². The van der Waals surface area contributed by atoms with E-state index in [1.165, 1.54) is 18.4 Å². The maximum Gasteiger partial charge on any atom is 0.182 e. The molecule has 0 saturated carbocycles. The monoisotopic (exact) mass is 232 g/mol. The highest BCUT2D eigenvalue weighted by molar-refractivity contribution is 5.78. The number of hydrogen-bond acceptors (Lipinski definition) is 3. The van der Waals surface area contributed by atoms with E-state index in [-0.39, 0.29) is 0 Å². The fourth-order valence-electron chi connectivity index (χ4n) is 2.00. The highest BCUT2D eigenvalue weighted by atomic mass is 16.3. The summed E-state index contributed by atoms with van der Waals surface area (Å²) in [6.07, 6.45) is 5.68. The van der Waals surface area contributed by atoms with Crippen LogP contribution in [0.1, 0.15) is 51.3 Å². The number of oxazole rings is 1. The van der Waals surface area contributed by atoms with E-state index in [4.69, 9.17) is 4.42 Å². The predicted octanol–water partition coefficient (Wildman–Crippen LogP) is 3.93. The van der Waals surface area contributed by atoms with Gasteiger partial charge >= 0.3 is 0 Å². The number of fused-ring (bicyclic) bond motifs is 1. The highest BCUT2D eigenvalue weighted by Gasteiger charge is 2.15. The highest BCUT2D eigenvalue weighted by Crippen LogP contribution is 2.26. The Kier molecular flexibility index (Phi) is 3.46. The largest absolute Gasteiger partial charge is 0.442 e. The van der Waals surface area contributed by atoms with Gasteiger partial charge in [0.2, 0.25) is 0 Å². The summed E-state index contributed by atoms with van der Waals surface area (Å²) in [4.78, 5) is 8.87. The number of aromatic nitrogens is 2. The lowest BCUT2D eigenvalue weighted by molar-refractivity contribution is 0.560. The van der Waals surface area contributed by atoms with Crippen molar-refractivity contribution in [3.8, 4) is 0 Å². The Labute approximate surface area is 102 Å². The van der Waals surface area contributed by atoms with Crippen LogP contribution in [-0.4, -0.2) is 9.97 Å². The average molecular weight is 232 g/mol. The SMILES string of the molecule is CCC(C)Cc1cnc(C(C)C)c2ocnc12. The summed E-state index contributed by atoms with van der Waals surface area (Å²) >= 11 is 0. The van der Waals surface area contributed by atoms with Gasteiger partial charge in [0.25, 0.3) is 0 Å². The molecule has 2 aromatic heterocycles. The maximum absolute atomic E-state index is 5.49. The van der Waals surface area contributed by atoms with Crippen LogP contribution in [-0.2, 0) is 6.42 Å². The van der Waals surface area contributed by atoms with Crippen molar-refractivity contribution in [3.05, 3.63) is 23.8 Å². The minimum atomic E-state index is 0.364. The number of rotatable bonds is 4. The standard InChI is InChI=1S/C14H20N2O/c1-5-10(4)6-11-7-15-12(9(2)3)14-13(11)16-8-17-14/h7-10H,5-6H2,1-4H3. The smallest absolute Gasteiger partial charge is 0.182 e. The van der Waals surface area contributed by atoms with Crippen LogP contribution in [0.5, 0.6) is 0 Å². The van der Waals surface area contributed by atoms with Crippen molar-refractivity contribution >= 4 is 11.1 Å². The molecule has 0 N–H and O–H groups in total. The maximum atomic E-state index is 5.49. The third-order valence-electron chi connectivity index (χ3n) is 3.28. The molecule has 2 heterocycles. The van der Waals surface area contributed by atoms with E-state index in [2.05, 4.69) is 37.7 Å². The van der Waals surface area contributed by atoms with Crippen LogP contribution >= 0.6 is 0 Å². The molecule has 2 rings (SSSR count). The van der Waals surface area contributed by atoms with E-state index in [0.29, 0.717) is 11.8 Å². The summed E-state index contributed by atoms with van der Waals surface area (Å²) in [6, 6.07) is 0. The van der Waals surface area contributed by atoms with Crippen molar-refractivity contribution in [2.45, 2.75) is 46.5 Å². The second kappa shape index (κ2) is 4.86. The lowest BCUT2D eigenvalue weighted by Gasteiger charge is -2.10. The molecule has 2 aromatic rings. The van der Waals surface area contributed by atoms with E-state index in [1.807, 2.05) is 6.20 Å². The molecule has 17 heavy (non-hydrogen) atoms. The van der Waals surface area contributed by atoms with Gasteiger partial charge in [-0.05, 0) is 18.3 Å². The van der Waals surface area contributed by atoms with Gasteiger partial charge in [0.15, 0.2) is 12.0 Å². The van der Waals surface area contributed by atoms with E-state index in [1.54, 1.807) is 0 Å². The number of pyridine rings is 1. The Morgan fingerprint density at radius 2 is 2.00 bits per heavy atom. The van der Waals surface area contributed by atoms with Gasteiger partial charge in [-0.15, -0.1) is 0 Å². The first-order chi connectivity index (χ1) is 8.13. The zero-order valence-electron chi connectivity index (χ0n) is 11.0. The molecule has 0 aliphatic carbocycles. The molecule has 3 heteroatoms. The first-order valence-corrected chi connectivity index (χ1v) is 6.34. The average Bonchev–Trinajstić information content (AvgIpc) is 2.77. The van der Waals surface area contributed by atoms with Crippen LogP contribution in [0.4, 0.5) is 0 Å². The summed E-state index contributed by atoms with van der Waals surface area (Å²) in [6.45, 7) is 8.71. The first-order valence-electron chi connectivity index (χ1n) is 6.34. The molecule has 0 radical (unpaired) electrons. The van der Waals surface area contributed by atoms with Crippen molar-refractivity contribution in [2.75, 3.05) is 0 Å². The van der Waals surface area contributed by atoms with Crippen LogP contribution in [0.3, 0.4) is 0 Å². The van der Waals surface area contributed by atoms with Gasteiger partial charge in [-0.3, -0.25) is 4.98 Å². The molecule has 0 saturated heterocycles. The van der Waals surface area contributed by atoms with Crippen LogP contribution in [0.2, 0.25) is 0 Å². The normalized spacial score (nSPS) is 13.5. The van der Waals surface area contributed by atoms with Crippen molar-refractivity contribution in [2.24, 2.45) is 5.92 Å². The third kappa shape index (κ3) is 2.33. The second-order valence-electron chi connectivity index (χ2n) is 5.07. The Bertz CT molecular complexity index is 502. The predicted molar refractivity (Wildman–Crippen MR) is 69.1 cm³/mol. The molecular weight excluding hydrogens is 212 g/mol. The lowest BCUT2D eigenvalue weighted by atomic mass is 9.98. The lowest BCUT2D eigenvalue weighted by Crippen LogP contribution is -2.02. The van der Waals surface area contributed by atoms with Crippen LogP contribution < -0.4 is 0 Å². The molecule has 0 spiro atoms. The van der Waals surface area contributed by atoms with E-state index < -0.39 is 0 Å². The van der Waals surface area contributed by atoms with E-state index in [9.17, 15) is 0 Å². The fourth-order valence-corrected chi connectivity index (χ4v) is 2.00. The van der Waals surface area contributed by atoms with Gasteiger partial charge in [-0.2, -0.15) is 0 Å². The zero-order chi connectivity index (χ0) is 12.4. The first kappa shape index (κ1) is 12.1. The van der Waals surface area contributed by atoms with Crippen molar-refractivity contribution < 1.29 is 4.42 Å². The molecule has 0 amide bonds. The van der Waals surface area contributed by atoms with Crippen LogP contribution in [0.25, 0.3) is 11.1 Å². The van der Waals surface area contributed by atoms with Gasteiger partial charge in [0.05, 0.1) is 5.69 Å². The van der Waals surface area contributed by atoms with Gasteiger partial charge in [-0.25, -0.2) is 4.98 Å². The van der Waals surface area contributed by atoms with Gasteiger partial charge < -0.3 is 4.42 Å². The summed E-state index contributed by atoms with van der Waals surface area (Å²) in [5.41, 5.74) is 4.06. The van der Waals surface area contributed by atoms with Crippen molar-refractivity contribution in [3.63, 3.8) is 0 Å². The summed E-state index contributed by atoms with van der Waals surface area (Å²) in [7, 11) is 0. The quantitative estimate of drug-likeness (QED) is 0.801. The molecule has 1 atom stereocenters. The third-order valence-corrected chi connectivity index (χ3v) is 3.28. The molecular formula is C14H20N2O. The van der Waals surface area contributed by atoms with E-state index >= 15 is 0 Å². The van der Waals surface area contributed by atoms with Crippen LogP contribution in [0.15, 0.2) is 17.0 Å². The van der Waals surface area contributed by atoms with Gasteiger partial charge in [0, 0.05) is 11.8 Å². The molecule has 0 bridgehead atoms. The minimum Gasteiger partial charge on any atom is -0.442 e. The molecule has 0 aliphatic rings. The number of nitrogens with zero attached hydrogens (tertiary/aromatic N) is 2. The molecule has 0 fully saturated rings. The Hall–Kier alpha value is -1.38. The number of hydrogen-bond donors (Lipinski definition) is 0. The fraction of sp³-hybridized carbons (Fsp3) is 0.571. The van der Waals surface area contributed by atoms with E-state index in [0.717, 1.165) is 23.2 Å². The van der Waals surface area contributed by atoms with Crippen molar-refractivity contribution in [1.29, 1.82) is 0 Å². The molecule has 0 aliphatic heterocycles. The van der Waals surface area contributed by atoms with Crippen molar-refractivity contribution in [1.82, 2.24) is 9.97 Å². The zero-order valence-corrected chi connectivity index (χ0v) is 11.0. The minimum absolute atomic E-state index is 0.364. The second-order valence-corrected chi connectivity index (χ2v) is 5.07. The summed E-state index contributed by atoms with van der Waals surface area (Å²) in [5, 5.41) is 0. The molecule has 0 aromatic carbocycles. The Morgan fingerprint density at radius 3 is 2.65 bits per heavy atom. The Morgan fingerprint density at radius 1 is 1.24 bits per heavy atom. The Balaban J connectivity index is 2.46.